The summed E-state index contributed by atoms with van der Waals surface area (Å²) >= 11 is 0. The molecular weight excluding hydrogens is 224 g/mol. The summed E-state index contributed by atoms with van der Waals surface area (Å²) in [5, 5.41) is 0. The van der Waals surface area contributed by atoms with Gasteiger partial charge in [0.05, 0.1) is 6.61 Å². The second kappa shape index (κ2) is 6.79. The second-order valence-corrected chi connectivity index (χ2v) is 3.83. The predicted octanol–water partition coefficient (Wildman–Crippen LogP) is 3.37. The number of para-hydroxylation sites is 1. The molecule has 0 fully saturated rings. The third-order valence-corrected chi connectivity index (χ3v) is 2.69. The molecule has 3 nitrogen and oxygen atoms in total. The number of hydrogen-bond acceptors (Lipinski definition) is 3. The van der Waals surface area contributed by atoms with Gasteiger partial charge in [0.15, 0.2) is 0 Å². The topological polar surface area (TPSA) is 70.2 Å². The third-order valence-electron chi connectivity index (χ3n) is 2.69. The van der Waals surface area contributed by atoms with E-state index in [0.29, 0.717) is 13.2 Å². The Hall–Kier alpha value is -1.84. The lowest BCUT2D eigenvalue weighted by atomic mass is 10.0. The smallest absolute Gasteiger partial charge is 0.127 e. The van der Waals surface area contributed by atoms with Gasteiger partial charge >= 0.3 is 0 Å². The summed E-state index contributed by atoms with van der Waals surface area (Å²) in [5.41, 5.74) is 9.01. The van der Waals surface area contributed by atoms with Crippen molar-refractivity contribution >= 4 is 0 Å². The van der Waals surface area contributed by atoms with E-state index in [2.05, 4.69) is 30.3 Å². The Morgan fingerprint density at radius 1 is 1.00 bits per heavy atom. The Morgan fingerprint density at radius 3 is 2.28 bits per heavy atom. The van der Waals surface area contributed by atoms with E-state index in [-0.39, 0.29) is 6.15 Å². The van der Waals surface area contributed by atoms with Crippen LogP contribution in [0.3, 0.4) is 0 Å². The fourth-order valence-electron chi connectivity index (χ4n) is 1.81. The van der Waals surface area contributed by atoms with E-state index in [1.54, 1.807) is 0 Å². The molecule has 0 bridgehead atoms. The van der Waals surface area contributed by atoms with E-state index in [1.807, 2.05) is 25.1 Å². The highest BCUT2D eigenvalue weighted by Crippen LogP contribution is 2.29. The molecule has 0 aliphatic rings. The number of rotatable bonds is 4. The molecule has 3 heteroatoms. The molecular formula is C15H20N2O. The fraction of sp³-hybridized carbons (Fsp3) is 0.200. The maximum Gasteiger partial charge on any atom is 0.127 e. The lowest BCUT2D eigenvalue weighted by Crippen LogP contribution is -1.96. The van der Waals surface area contributed by atoms with Gasteiger partial charge in [-0.05, 0) is 24.1 Å². The van der Waals surface area contributed by atoms with Crippen LogP contribution in [-0.4, -0.2) is 6.61 Å². The average Bonchev–Trinajstić information content (AvgIpc) is 2.40. The van der Waals surface area contributed by atoms with Crippen molar-refractivity contribution in [2.24, 2.45) is 5.73 Å². The van der Waals surface area contributed by atoms with Crippen molar-refractivity contribution in [1.29, 1.82) is 0 Å². The first-order valence-corrected chi connectivity index (χ1v) is 5.86. The molecule has 0 heterocycles. The van der Waals surface area contributed by atoms with E-state index in [0.717, 1.165) is 22.4 Å². The Kier molecular flexibility index (Phi) is 5.36. The molecule has 0 atom stereocenters. The van der Waals surface area contributed by atoms with Gasteiger partial charge in [0.1, 0.15) is 5.75 Å². The van der Waals surface area contributed by atoms with Gasteiger partial charge in [-0.25, -0.2) is 0 Å². The van der Waals surface area contributed by atoms with Gasteiger partial charge in [-0.3, -0.25) is 0 Å². The molecule has 0 aliphatic heterocycles. The SMILES string of the molecule is CCOc1ccccc1-c1ccc(CN)cc1.N. The van der Waals surface area contributed by atoms with Crippen LogP contribution >= 0.6 is 0 Å². The Labute approximate surface area is 108 Å². The highest BCUT2D eigenvalue weighted by molar-refractivity contribution is 5.70. The molecule has 0 radical (unpaired) electrons. The maximum absolute atomic E-state index is 5.62. The van der Waals surface area contributed by atoms with E-state index >= 15 is 0 Å². The van der Waals surface area contributed by atoms with Crippen LogP contribution < -0.4 is 16.6 Å². The lowest BCUT2D eigenvalue weighted by molar-refractivity contribution is 0.341. The largest absolute Gasteiger partial charge is 0.493 e. The van der Waals surface area contributed by atoms with Crippen LogP contribution in [0.1, 0.15) is 12.5 Å². The first-order chi connectivity index (χ1) is 8.35. The molecule has 0 aromatic heterocycles. The normalized spacial score (nSPS) is 9.67. The first-order valence-electron chi connectivity index (χ1n) is 5.86. The van der Waals surface area contributed by atoms with E-state index in [1.165, 1.54) is 0 Å². The zero-order valence-corrected chi connectivity index (χ0v) is 10.7. The van der Waals surface area contributed by atoms with E-state index < -0.39 is 0 Å². The molecule has 5 N–H and O–H groups in total. The number of hydrogen-bond donors (Lipinski definition) is 2. The minimum atomic E-state index is 0. The van der Waals surface area contributed by atoms with Crippen molar-refractivity contribution in [3.05, 3.63) is 54.1 Å². The molecule has 96 valence electrons. The van der Waals surface area contributed by atoms with E-state index in [9.17, 15) is 0 Å². The third kappa shape index (κ3) is 3.09. The second-order valence-electron chi connectivity index (χ2n) is 3.83. The summed E-state index contributed by atoms with van der Waals surface area (Å²) in [6.07, 6.45) is 0. The Balaban J connectivity index is 0.00000162. The minimum Gasteiger partial charge on any atom is -0.493 e. The van der Waals surface area contributed by atoms with Crippen molar-refractivity contribution in [1.82, 2.24) is 6.15 Å². The van der Waals surface area contributed by atoms with Crippen molar-refractivity contribution in [3.8, 4) is 16.9 Å². The molecule has 0 aliphatic carbocycles. The van der Waals surface area contributed by atoms with E-state index in [4.69, 9.17) is 10.5 Å². The molecule has 0 saturated carbocycles. The van der Waals surface area contributed by atoms with Crippen LogP contribution in [0.25, 0.3) is 11.1 Å². The van der Waals surface area contributed by atoms with Crippen LogP contribution in [0.2, 0.25) is 0 Å². The van der Waals surface area contributed by atoms with Crippen molar-refractivity contribution < 1.29 is 4.74 Å². The van der Waals surface area contributed by atoms with Crippen LogP contribution in [0, 0.1) is 0 Å². The number of benzene rings is 2. The molecule has 2 rings (SSSR count). The van der Waals surface area contributed by atoms with Crippen molar-refractivity contribution in [3.63, 3.8) is 0 Å². The summed E-state index contributed by atoms with van der Waals surface area (Å²) < 4.78 is 5.62. The zero-order valence-electron chi connectivity index (χ0n) is 10.7. The van der Waals surface area contributed by atoms with Crippen LogP contribution in [-0.2, 0) is 6.54 Å². The monoisotopic (exact) mass is 244 g/mol. The molecule has 0 saturated heterocycles. The van der Waals surface area contributed by atoms with Gasteiger partial charge in [0, 0.05) is 12.1 Å². The summed E-state index contributed by atoms with van der Waals surface area (Å²) in [7, 11) is 0. The summed E-state index contributed by atoms with van der Waals surface area (Å²) in [6, 6.07) is 16.4. The fourth-order valence-corrected chi connectivity index (χ4v) is 1.81. The molecule has 0 spiro atoms. The van der Waals surface area contributed by atoms with Crippen LogP contribution in [0.5, 0.6) is 5.75 Å². The summed E-state index contributed by atoms with van der Waals surface area (Å²) in [5.74, 6) is 0.926. The summed E-state index contributed by atoms with van der Waals surface area (Å²) in [6.45, 7) is 3.25. The van der Waals surface area contributed by atoms with Gasteiger partial charge in [0.25, 0.3) is 0 Å². The summed E-state index contributed by atoms with van der Waals surface area (Å²) in [4.78, 5) is 0. The minimum absolute atomic E-state index is 0. The highest BCUT2D eigenvalue weighted by Gasteiger charge is 2.04. The highest BCUT2D eigenvalue weighted by atomic mass is 16.5. The Bertz CT molecular complexity index is 480. The van der Waals surface area contributed by atoms with Gasteiger partial charge < -0.3 is 16.6 Å². The number of ether oxygens (including phenoxy) is 1. The standard InChI is InChI=1S/C15H17NO.H3N/c1-2-17-15-6-4-3-5-14(15)13-9-7-12(11-16)8-10-13;/h3-10H,2,11,16H2,1H3;1H3. The molecule has 0 unspecified atom stereocenters. The van der Waals surface area contributed by atoms with Crippen LogP contribution in [0.4, 0.5) is 0 Å². The first kappa shape index (κ1) is 14.2. The average molecular weight is 244 g/mol. The Morgan fingerprint density at radius 2 is 1.67 bits per heavy atom. The predicted molar refractivity (Wildman–Crippen MR) is 76.0 cm³/mol. The molecule has 2 aromatic carbocycles. The molecule has 2 aromatic rings. The van der Waals surface area contributed by atoms with Crippen molar-refractivity contribution in [2.75, 3.05) is 6.61 Å². The molecule has 0 amide bonds. The van der Waals surface area contributed by atoms with Crippen LogP contribution in [0.15, 0.2) is 48.5 Å². The zero-order chi connectivity index (χ0) is 12.1. The van der Waals surface area contributed by atoms with Gasteiger partial charge in [0.2, 0.25) is 0 Å². The quantitative estimate of drug-likeness (QED) is 0.866. The van der Waals surface area contributed by atoms with Gasteiger partial charge in [-0.2, -0.15) is 0 Å². The maximum atomic E-state index is 5.62. The van der Waals surface area contributed by atoms with Crippen molar-refractivity contribution in [2.45, 2.75) is 13.5 Å². The van der Waals surface area contributed by atoms with Gasteiger partial charge in [-0.15, -0.1) is 0 Å². The molecule has 18 heavy (non-hydrogen) atoms. The van der Waals surface area contributed by atoms with Gasteiger partial charge in [-0.1, -0.05) is 42.5 Å². The number of nitrogens with two attached hydrogens (primary N) is 1. The lowest BCUT2D eigenvalue weighted by Gasteiger charge is -2.10.